The number of rotatable bonds is 80. The van der Waals surface area contributed by atoms with Gasteiger partial charge in [-0.2, -0.15) is 0 Å². The molecule has 0 aliphatic carbocycles. The van der Waals surface area contributed by atoms with E-state index in [-0.39, 0.29) is 25.7 Å². The van der Waals surface area contributed by atoms with Crippen molar-refractivity contribution in [1.82, 2.24) is 0 Å². The van der Waals surface area contributed by atoms with Crippen LogP contribution >= 0.6 is 15.6 Å². The van der Waals surface area contributed by atoms with Crippen molar-refractivity contribution in [2.75, 3.05) is 39.6 Å². The minimum absolute atomic E-state index is 0.103. The molecule has 0 saturated carbocycles. The Morgan fingerprint density at radius 1 is 0.290 bits per heavy atom. The van der Waals surface area contributed by atoms with Gasteiger partial charge in [0.15, 0.2) is 12.2 Å². The van der Waals surface area contributed by atoms with E-state index in [0.717, 1.165) is 108 Å². The third-order valence-electron chi connectivity index (χ3n) is 19.3. The Morgan fingerprint density at radius 3 is 0.760 bits per heavy atom. The van der Waals surface area contributed by atoms with Crippen LogP contribution < -0.4 is 0 Å². The molecule has 6 atom stereocenters. The number of aliphatic hydroxyl groups is 1. The molecule has 0 heterocycles. The van der Waals surface area contributed by atoms with Crippen molar-refractivity contribution in [3.8, 4) is 0 Å². The van der Waals surface area contributed by atoms with Crippen LogP contribution in [-0.4, -0.2) is 96.7 Å². The molecule has 0 fully saturated rings. The molecule has 0 spiro atoms. The van der Waals surface area contributed by atoms with Crippen molar-refractivity contribution >= 4 is 39.5 Å². The van der Waals surface area contributed by atoms with Crippen molar-refractivity contribution < 1.29 is 80.2 Å². The number of phosphoric acid groups is 2. The Kier molecular flexibility index (Phi) is 71.2. The van der Waals surface area contributed by atoms with Crippen LogP contribution in [0.3, 0.4) is 0 Å². The molecule has 3 unspecified atom stereocenters. The van der Waals surface area contributed by atoms with Gasteiger partial charge in [-0.05, 0) is 37.5 Å². The summed E-state index contributed by atoms with van der Waals surface area (Å²) in [6.45, 7) is 9.58. The zero-order chi connectivity index (χ0) is 73.5. The number of hydrogen-bond donors (Lipinski definition) is 3. The van der Waals surface area contributed by atoms with E-state index in [4.69, 9.17) is 37.0 Å². The molecule has 0 aromatic carbocycles. The second-order valence-corrected chi connectivity index (χ2v) is 32.8. The first-order valence-electron chi connectivity index (χ1n) is 42.0. The van der Waals surface area contributed by atoms with Crippen molar-refractivity contribution in [2.24, 2.45) is 11.8 Å². The molecule has 0 radical (unpaired) electrons. The standard InChI is InChI=1S/C81H158O17P2/c1-7-10-12-14-16-18-19-20-21-22-23-24-25-29-32-35-38-41-45-52-58-64-79(84)92-69-76(97-80(85)65-59-53-46-42-39-36-33-30-27-26-28-31-34-37-40-43-49-55-61-73(4)5)71-95-99(87,88)93-67-75(82)68-94-100(89,90)96-72-77(70-91-78(83)63-57-51-44-17-15-13-11-8-2)98-81(86)66-60-54-48-47-50-56-62-74(6)9-3/h73-77,82H,7-72H2,1-6H3,(H,87,88)(H,89,90)/t74?,75-,76-,77-/m1/s1. The van der Waals surface area contributed by atoms with E-state index in [9.17, 15) is 43.2 Å². The molecule has 19 heteroatoms. The SMILES string of the molecule is CCCCCCCCCCCCCCCCCCCCCCCC(=O)OC[C@H](COP(=O)(O)OC[C@@H](O)COP(=O)(O)OC[C@@H](COC(=O)CCCCCCCCCC)OC(=O)CCCCCCCCC(C)CC)OC(=O)CCCCCCCCCCCCCCCCCCCCC(C)C. The maximum Gasteiger partial charge on any atom is 0.472 e. The summed E-state index contributed by atoms with van der Waals surface area (Å²) in [4.78, 5) is 72.8. The predicted octanol–water partition coefficient (Wildman–Crippen LogP) is 24.3. The Bertz CT molecular complexity index is 1930. The van der Waals surface area contributed by atoms with E-state index in [2.05, 4.69) is 41.5 Å². The smallest absolute Gasteiger partial charge is 0.462 e. The molecule has 0 aliphatic heterocycles. The third-order valence-corrected chi connectivity index (χ3v) is 21.2. The molecule has 0 aromatic rings. The largest absolute Gasteiger partial charge is 0.472 e. The average Bonchev–Trinajstić information content (AvgIpc) is 0.918. The monoisotopic (exact) mass is 1470 g/mol. The highest BCUT2D eigenvalue weighted by Gasteiger charge is 2.30. The second-order valence-electron chi connectivity index (χ2n) is 29.9. The third kappa shape index (κ3) is 73.0. The first-order valence-corrected chi connectivity index (χ1v) is 45.0. The highest BCUT2D eigenvalue weighted by atomic mass is 31.2. The highest BCUT2D eigenvalue weighted by Crippen LogP contribution is 2.45. The van der Waals surface area contributed by atoms with Crippen LogP contribution in [-0.2, 0) is 65.4 Å². The van der Waals surface area contributed by atoms with Crippen molar-refractivity contribution in [3.05, 3.63) is 0 Å². The highest BCUT2D eigenvalue weighted by molar-refractivity contribution is 7.47. The number of carbonyl (C=O) groups is 4. The fraction of sp³-hybridized carbons (Fsp3) is 0.951. The molecule has 3 N–H and O–H groups in total. The average molecular weight is 1470 g/mol. The summed E-state index contributed by atoms with van der Waals surface area (Å²) in [5.74, 6) is -0.576. The summed E-state index contributed by atoms with van der Waals surface area (Å²) in [7, 11) is -9.91. The van der Waals surface area contributed by atoms with E-state index >= 15 is 0 Å². The van der Waals surface area contributed by atoms with Crippen LogP contribution in [0.25, 0.3) is 0 Å². The zero-order valence-electron chi connectivity index (χ0n) is 65.5. The normalized spacial score (nSPS) is 14.2. The minimum Gasteiger partial charge on any atom is -0.462 e. The lowest BCUT2D eigenvalue weighted by Gasteiger charge is -2.21. The fourth-order valence-corrected chi connectivity index (χ4v) is 14.1. The maximum atomic E-state index is 13.1. The van der Waals surface area contributed by atoms with E-state index in [1.807, 2.05) is 0 Å². The van der Waals surface area contributed by atoms with E-state index in [0.29, 0.717) is 25.7 Å². The topological polar surface area (TPSA) is 237 Å². The molecule has 0 saturated heterocycles. The van der Waals surface area contributed by atoms with E-state index in [1.165, 1.54) is 238 Å². The number of esters is 4. The lowest BCUT2D eigenvalue weighted by Crippen LogP contribution is -2.30. The summed E-state index contributed by atoms with van der Waals surface area (Å²) in [6, 6.07) is 0. The molecule has 0 amide bonds. The fourth-order valence-electron chi connectivity index (χ4n) is 12.5. The van der Waals surface area contributed by atoms with Crippen molar-refractivity contribution in [3.63, 3.8) is 0 Å². The first-order chi connectivity index (χ1) is 48.4. The Hall–Kier alpha value is -1.94. The quantitative estimate of drug-likeness (QED) is 0.0222. The van der Waals surface area contributed by atoms with Gasteiger partial charge in [0.2, 0.25) is 0 Å². The molecule has 0 aromatic heterocycles. The molecule has 594 valence electrons. The van der Waals surface area contributed by atoms with Gasteiger partial charge in [0.1, 0.15) is 19.3 Å². The van der Waals surface area contributed by atoms with Gasteiger partial charge in [0.25, 0.3) is 0 Å². The van der Waals surface area contributed by atoms with Crippen molar-refractivity contribution in [1.29, 1.82) is 0 Å². The summed E-state index contributed by atoms with van der Waals surface area (Å²) in [5.41, 5.74) is 0. The molecule has 17 nitrogen and oxygen atoms in total. The number of ether oxygens (including phenoxy) is 4. The molecule has 0 rings (SSSR count). The molecule has 0 aliphatic rings. The summed E-state index contributed by atoms with van der Waals surface area (Å²) in [6.07, 6.45) is 62.9. The zero-order valence-corrected chi connectivity index (χ0v) is 67.3. The van der Waals surface area contributed by atoms with Gasteiger partial charge >= 0.3 is 39.5 Å². The van der Waals surface area contributed by atoms with Crippen molar-refractivity contribution in [2.45, 2.75) is 445 Å². The molecular formula is C81H158O17P2. The Morgan fingerprint density at radius 2 is 0.510 bits per heavy atom. The lowest BCUT2D eigenvalue weighted by atomic mass is 10.00. The van der Waals surface area contributed by atoms with Gasteiger partial charge in [0, 0.05) is 25.7 Å². The number of unbranched alkanes of at least 4 members (excludes halogenated alkanes) is 49. The second kappa shape index (κ2) is 72.6. The number of carbonyl (C=O) groups excluding carboxylic acids is 4. The van der Waals surface area contributed by atoms with Gasteiger partial charge < -0.3 is 33.8 Å². The van der Waals surface area contributed by atoms with E-state index in [1.54, 1.807) is 0 Å². The predicted molar refractivity (Wildman–Crippen MR) is 409 cm³/mol. The number of hydrogen-bond acceptors (Lipinski definition) is 15. The van der Waals surface area contributed by atoms with Gasteiger partial charge in [-0.3, -0.25) is 37.3 Å². The van der Waals surface area contributed by atoms with Gasteiger partial charge in [-0.15, -0.1) is 0 Å². The number of aliphatic hydroxyl groups excluding tert-OH is 1. The van der Waals surface area contributed by atoms with Crippen LogP contribution in [0.4, 0.5) is 0 Å². The molecular weight excluding hydrogens is 1310 g/mol. The van der Waals surface area contributed by atoms with Crippen LogP contribution in [0.5, 0.6) is 0 Å². The first kappa shape index (κ1) is 98.1. The Labute approximate surface area is 613 Å². The van der Waals surface area contributed by atoms with E-state index < -0.39 is 97.5 Å². The summed E-state index contributed by atoms with van der Waals surface area (Å²) in [5, 5.41) is 10.6. The maximum absolute atomic E-state index is 13.1. The molecule has 100 heavy (non-hydrogen) atoms. The van der Waals surface area contributed by atoms with Crippen LogP contribution in [0.1, 0.15) is 427 Å². The number of phosphoric ester groups is 2. The molecule has 0 bridgehead atoms. The van der Waals surface area contributed by atoms with Gasteiger partial charge in [-0.25, -0.2) is 9.13 Å². The van der Waals surface area contributed by atoms with Crippen LogP contribution in [0, 0.1) is 11.8 Å². The Balaban J connectivity index is 5.15. The lowest BCUT2D eigenvalue weighted by molar-refractivity contribution is -0.161. The van der Waals surface area contributed by atoms with Gasteiger partial charge in [-0.1, -0.05) is 375 Å². The summed E-state index contributed by atoms with van der Waals surface area (Å²) < 4.78 is 68.5. The van der Waals surface area contributed by atoms with Crippen LogP contribution in [0.2, 0.25) is 0 Å². The van der Waals surface area contributed by atoms with Gasteiger partial charge in [0.05, 0.1) is 26.4 Å². The minimum atomic E-state index is -4.96. The summed E-state index contributed by atoms with van der Waals surface area (Å²) >= 11 is 0. The van der Waals surface area contributed by atoms with Crippen LogP contribution in [0.15, 0.2) is 0 Å².